The van der Waals surface area contributed by atoms with E-state index in [-0.39, 0.29) is 31.9 Å². The zero-order valence-electron chi connectivity index (χ0n) is 9.38. The SMILES string of the molecule is Nc1c(Cl)cc(C(=O)c2cc(F)ccc2Cl)cc1Cl. The molecule has 0 atom stereocenters. The van der Waals surface area contributed by atoms with Crippen molar-refractivity contribution in [2.24, 2.45) is 0 Å². The number of halogens is 4. The maximum absolute atomic E-state index is 13.2. The van der Waals surface area contributed by atoms with Gasteiger partial charge in [-0.3, -0.25) is 4.79 Å². The molecule has 0 radical (unpaired) electrons. The zero-order valence-corrected chi connectivity index (χ0v) is 11.7. The molecule has 2 rings (SSSR count). The minimum atomic E-state index is -0.555. The van der Waals surface area contributed by atoms with E-state index in [0.717, 1.165) is 6.07 Å². The average Bonchev–Trinajstić information content (AvgIpc) is 2.37. The minimum absolute atomic E-state index is 0.0403. The first-order chi connectivity index (χ1) is 8.90. The van der Waals surface area contributed by atoms with Crippen LogP contribution in [0.15, 0.2) is 30.3 Å². The summed E-state index contributed by atoms with van der Waals surface area (Å²) in [5.41, 5.74) is 6.00. The molecule has 0 aliphatic carbocycles. The molecule has 0 unspecified atom stereocenters. The van der Waals surface area contributed by atoms with Crippen molar-refractivity contribution in [3.8, 4) is 0 Å². The van der Waals surface area contributed by atoms with Crippen LogP contribution in [0.1, 0.15) is 15.9 Å². The van der Waals surface area contributed by atoms with Crippen LogP contribution >= 0.6 is 34.8 Å². The highest BCUT2D eigenvalue weighted by Gasteiger charge is 2.16. The summed E-state index contributed by atoms with van der Waals surface area (Å²) in [5, 5.41) is 0.460. The van der Waals surface area contributed by atoms with Crippen LogP contribution in [0.4, 0.5) is 10.1 Å². The van der Waals surface area contributed by atoms with Crippen molar-refractivity contribution >= 4 is 46.3 Å². The normalized spacial score (nSPS) is 10.5. The van der Waals surface area contributed by atoms with E-state index < -0.39 is 11.6 Å². The number of nitrogen functional groups attached to an aromatic ring is 1. The Kier molecular flexibility index (Phi) is 3.99. The van der Waals surface area contributed by atoms with Gasteiger partial charge in [-0.25, -0.2) is 4.39 Å². The molecule has 2 aromatic carbocycles. The molecule has 0 heterocycles. The second-order valence-corrected chi connectivity index (χ2v) is 5.03. The number of carbonyl (C=O) groups is 1. The smallest absolute Gasteiger partial charge is 0.194 e. The topological polar surface area (TPSA) is 43.1 Å². The lowest BCUT2D eigenvalue weighted by Gasteiger charge is -2.07. The number of hydrogen-bond acceptors (Lipinski definition) is 2. The largest absolute Gasteiger partial charge is 0.396 e. The Labute approximate surface area is 123 Å². The third-order valence-corrected chi connectivity index (χ3v) is 3.47. The number of hydrogen-bond donors (Lipinski definition) is 1. The number of rotatable bonds is 2. The van der Waals surface area contributed by atoms with Gasteiger partial charge in [0, 0.05) is 11.1 Å². The summed E-state index contributed by atoms with van der Waals surface area (Å²) in [6.45, 7) is 0. The first-order valence-corrected chi connectivity index (χ1v) is 6.28. The Morgan fingerprint density at radius 1 is 1.00 bits per heavy atom. The highest BCUT2D eigenvalue weighted by molar-refractivity contribution is 6.40. The lowest BCUT2D eigenvalue weighted by Crippen LogP contribution is -2.04. The third-order valence-electron chi connectivity index (χ3n) is 2.51. The second-order valence-electron chi connectivity index (χ2n) is 3.81. The van der Waals surface area contributed by atoms with E-state index in [2.05, 4.69) is 0 Å². The molecule has 98 valence electrons. The molecule has 0 bridgehead atoms. The predicted molar refractivity (Wildman–Crippen MR) is 75.7 cm³/mol. The number of carbonyl (C=O) groups excluding carboxylic acids is 1. The lowest BCUT2D eigenvalue weighted by molar-refractivity contribution is 0.103. The van der Waals surface area contributed by atoms with Gasteiger partial charge in [0.05, 0.1) is 20.8 Å². The second kappa shape index (κ2) is 5.37. The van der Waals surface area contributed by atoms with Crippen LogP contribution < -0.4 is 5.73 Å². The van der Waals surface area contributed by atoms with Crippen LogP contribution in [-0.4, -0.2) is 5.78 Å². The summed E-state index contributed by atoms with van der Waals surface area (Å²) in [6.07, 6.45) is 0. The summed E-state index contributed by atoms with van der Waals surface area (Å²) < 4.78 is 13.2. The van der Waals surface area contributed by atoms with Crippen LogP contribution in [0, 0.1) is 5.82 Å². The van der Waals surface area contributed by atoms with Crippen molar-refractivity contribution in [3.05, 3.63) is 62.3 Å². The number of benzene rings is 2. The van der Waals surface area contributed by atoms with Crippen LogP contribution in [0.25, 0.3) is 0 Å². The number of anilines is 1. The number of ketones is 1. The molecule has 0 aromatic heterocycles. The molecule has 2 nitrogen and oxygen atoms in total. The molecular weight excluding hydrogens is 312 g/mol. The van der Waals surface area contributed by atoms with Crippen LogP contribution in [0.5, 0.6) is 0 Å². The van der Waals surface area contributed by atoms with Crippen molar-refractivity contribution in [3.63, 3.8) is 0 Å². The summed E-state index contributed by atoms with van der Waals surface area (Å²) in [4.78, 5) is 12.2. The van der Waals surface area contributed by atoms with Crippen molar-refractivity contribution in [2.45, 2.75) is 0 Å². The van der Waals surface area contributed by atoms with Gasteiger partial charge in [-0.2, -0.15) is 0 Å². The monoisotopic (exact) mass is 317 g/mol. The summed E-state index contributed by atoms with van der Waals surface area (Å²) in [7, 11) is 0. The molecule has 0 amide bonds. The van der Waals surface area contributed by atoms with Crippen molar-refractivity contribution in [1.82, 2.24) is 0 Å². The third kappa shape index (κ3) is 2.84. The summed E-state index contributed by atoms with van der Waals surface area (Å²) in [5.74, 6) is -1.03. The molecule has 2 N–H and O–H groups in total. The molecule has 19 heavy (non-hydrogen) atoms. The highest BCUT2D eigenvalue weighted by Crippen LogP contribution is 2.30. The quantitative estimate of drug-likeness (QED) is 0.649. The van der Waals surface area contributed by atoms with Gasteiger partial charge in [-0.1, -0.05) is 34.8 Å². The van der Waals surface area contributed by atoms with Gasteiger partial charge in [-0.05, 0) is 30.3 Å². The lowest BCUT2D eigenvalue weighted by atomic mass is 10.0. The molecule has 0 saturated carbocycles. The number of nitrogens with two attached hydrogens (primary N) is 1. The van der Waals surface area contributed by atoms with Gasteiger partial charge in [0.25, 0.3) is 0 Å². The molecule has 0 saturated heterocycles. The Morgan fingerprint density at radius 2 is 1.58 bits per heavy atom. The summed E-state index contributed by atoms with van der Waals surface area (Å²) in [6, 6.07) is 6.27. The van der Waals surface area contributed by atoms with E-state index in [1.54, 1.807) is 0 Å². The standard InChI is InChI=1S/C13H7Cl3FNO/c14-9-2-1-7(17)5-8(9)13(19)6-3-10(15)12(18)11(16)4-6/h1-5H,18H2. The van der Waals surface area contributed by atoms with E-state index >= 15 is 0 Å². The van der Waals surface area contributed by atoms with Gasteiger partial charge in [0.15, 0.2) is 5.78 Å². The fraction of sp³-hybridized carbons (Fsp3) is 0. The first-order valence-electron chi connectivity index (χ1n) is 5.14. The van der Waals surface area contributed by atoms with Gasteiger partial charge in [-0.15, -0.1) is 0 Å². The summed E-state index contributed by atoms with van der Waals surface area (Å²) >= 11 is 17.6. The molecule has 0 aliphatic rings. The Balaban J connectivity index is 2.53. The van der Waals surface area contributed by atoms with E-state index in [9.17, 15) is 9.18 Å². The fourth-order valence-corrected chi connectivity index (χ4v) is 2.23. The highest BCUT2D eigenvalue weighted by atomic mass is 35.5. The van der Waals surface area contributed by atoms with E-state index in [1.165, 1.54) is 24.3 Å². The minimum Gasteiger partial charge on any atom is -0.396 e. The first kappa shape index (κ1) is 14.1. The van der Waals surface area contributed by atoms with Gasteiger partial charge in [0.2, 0.25) is 0 Å². The predicted octanol–water partition coefficient (Wildman–Crippen LogP) is 4.60. The molecule has 0 spiro atoms. The average molecular weight is 319 g/mol. The molecule has 2 aromatic rings. The Morgan fingerprint density at radius 3 is 2.16 bits per heavy atom. The van der Waals surface area contributed by atoms with Crippen molar-refractivity contribution in [1.29, 1.82) is 0 Å². The molecule has 0 fully saturated rings. The maximum atomic E-state index is 13.2. The van der Waals surface area contributed by atoms with Crippen LogP contribution in [0.2, 0.25) is 15.1 Å². The fourth-order valence-electron chi connectivity index (χ4n) is 1.54. The van der Waals surface area contributed by atoms with E-state index in [0.29, 0.717) is 0 Å². The van der Waals surface area contributed by atoms with Crippen LogP contribution in [0.3, 0.4) is 0 Å². The maximum Gasteiger partial charge on any atom is 0.194 e. The van der Waals surface area contributed by atoms with Crippen LogP contribution in [-0.2, 0) is 0 Å². The zero-order chi connectivity index (χ0) is 14.2. The van der Waals surface area contributed by atoms with Crippen molar-refractivity contribution in [2.75, 3.05) is 5.73 Å². The van der Waals surface area contributed by atoms with Crippen molar-refractivity contribution < 1.29 is 9.18 Å². The van der Waals surface area contributed by atoms with Gasteiger partial charge < -0.3 is 5.73 Å². The molecule has 0 aliphatic heterocycles. The van der Waals surface area contributed by atoms with E-state index in [1.807, 2.05) is 0 Å². The Hall–Kier alpha value is -1.29. The molecule has 6 heteroatoms. The van der Waals surface area contributed by atoms with Gasteiger partial charge >= 0.3 is 0 Å². The Bertz CT molecular complexity index is 650. The molecular formula is C13H7Cl3FNO. The van der Waals surface area contributed by atoms with Gasteiger partial charge in [0.1, 0.15) is 5.82 Å². The van der Waals surface area contributed by atoms with E-state index in [4.69, 9.17) is 40.5 Å².